The first-order valence-electron chi connectivity index (χ1n) is 8.92. The van der Waals surface area contributed by atoms with Crippen molar-refractivity contribution < 1.29 is 9.13 Å². The Kier molecular flexibility index (Phi) is 5.89. The van der Waals surface area contributed by atoms with Crippen LogP contribution in [0.15, 0.2) is 53.5 Å². The molecular weight excluding hydrogens is 329 g/mol. The Balaban J connectivity index is 1.52. The predicted molar refractivity (Wildman–Crippen MR) is 103 cm³/mol. The summed E-state index contributed by atoms with van der Waals surface area (Å²) < 4.78 is 18.6. The summed E-state index contributed by atoms with van der Waals surface area (Å²) in [5.41, 5.74) is 3.43. The smallest absolute Gasteiger partial charge is 0.191 e. The number of benzene rings is 2. The molecule has 5 heteroatoms. The molecule has 0 aliphatic heterocycles. The molecule has 2 aromatic carbocycles. The summed E-state index contributed by atoms with van der Waals surface area (Å²) in [4.78, 5) is 4.29. The van der Waals surface area contributed by atoms with E-state index in [1.807, 2.05) is 6.07 Å². The quantitative estimate of drug-likeness (QED) is 0.591. The van der Waals surface area contributed by atoms with E-state index in [9.17, 15) is 4.39 Å². The Bertz CT molecular complexity index is 754. The van der Waals surface area contributed by atoms with Crippen LogP contribution in [0.3, 0.4) is 0 Å². The van der Waals surface area contributed by atoms with Gasteiger partial charge in [0.2, 0.25) is 0 Å². The SMILES string of the molecule is CN=C(NCc1ccc(COC)cc1)NCC1(c2cccc(F)c2)CC1. The highest BCUT2D eigenvalue weighted by Crippen LogP contribution is 2.47. The predicted octanol–water partition coefficient (Wildman–Crippen LogP) is 3.37. The zero-order chi connectivity index (χ0) is 18.4. The van der Waals surface area contributed by atoms with Crippen molar-refractivity contribution in [2.75, 3.05) is 20.7 Å². The zero-order valence-electron chi connectivity index (χ0n) is 15.4. The average molecular weight is 355 g/mol. The van der Waals surface area contributed by atoms with Crippen LogP contribution in [0.1, 0.15) is 29.5 Å². The maximum atomic E-state index is 13.5. The fourth-order valence-electron chi connectivity index (χ4n) is 3.12. The molecule has 4 nitrogen and oxygen atoms in total. The van der Waals surface area contributed by atoms with Crippen molar-refractivity contribution >= 4 is 5.96 Å². The molecule has 2 N–H and O–H groups in total. The highest BCUT2D eigenvalue weighted by molar-refractivity contribution is 5.79. The van der Waals surface area contributed by atoms with Crippen LogP contribution in [-0.2, 0) is 23.3 Å². The minimum Gasteiger partial charge on any atom is -0.380 e. The highest BCUT2D eigenvalue weighted by Gasteiger charge is 2.44. The number of rotatable bonds is 7. The number of guanidine groups is 1. The van der Waals surface area contributed by atoms with Gasteiger partial charge in [0.25, 0.3) is 0 Å². The first kappa shape index (κ1) is 18.4. The molecule has 0 radical (unpaired) electrons. The minimum absolute atomic E-state index is 0.0293. The molecule has 1 fully saturated rings. The first-order chi connectivity index (χ1) is 12.6. The molecule has 2 aromatic rings. The van der Waals surface area contributed by atoms with Crippen LogP contribution in [-0.4, -0.2) is 26.7 Å². The number of hydrogen-bond donors (Lipinski definition) is 2. The summed E-state index contributed by atoms with van der Waals surface area (Å²) >= 11 is 0. The molecule has 1 aliphatic carbocycles. The second-order valence-corrected chi connectivity index (χ2v) is 6.82. The number of methoxy groups -OCH3 is 1. The number of ether oxygens (including phenoxy) is 1. The van der Waals surface area contributed by atoms with Crippen molar-refractivity contribution in [2.24, 2.45) is 4.99 Å². The summed E-state index contributed by atoms with van der Waals surface area (Å²) in [5.74, 6) is 0.585. The van der Waals surface area contributed by atoms with Gasteiger partial charge in [-0.1, -0.05) is 36.4 Å². The Labute approximate surface area is 154 Å². The molecule has 0 heterocycles. The van der Waals surface area contributed by atoms with Gasteiger partial charge in [-0.2, -0.15) is 0 Å². The van der Waals surface area contributed by atoms with Gasteiger partial charge in [0, 0.05) is 32.7 Å². The molecule has 0 bridgehead atoms. The Hall–Kier alpha value is -2.40. The van der Waals surface area contributed by atoms with Gasteiger partial charge in [0.15, 0.2) is 5.96 Å². The molecule has 0 atom stereocenters. The largest absolute Gasteiger partial charge is 0.380 e. The van der Waals surface area contributed by atoms with Crippen LogP contribution in [0.25, 0.3) is 0 Å². The number of aliphatic imine (C=N–C) groups is 1. The maximum Gasteiger partial charge on any atom is 0.191 e. The topological polar surface area (TPSA) is 45.7 Å². The molecule has 0 saturated heterocycles. The molecule has 3 rings (SSSR count). The lowest BCUT2D eigenvalue weighted by atomic mass is 9.96. The number of nitrogens with zero attached hydrogens (tertiary/aromatic N) is 1. The maximum absolute atomic E-state index is 13.5. The molecule has 138 valence electrons. The molecule has 26 heavy (non-hydrogen) atoms. The van der Waals surface area contributed by atoms with Gasteiger partial charge >= 0.3 is 0 Å². The van der Waals surface area contributed by atoms with Crippen molar-refractivity contribution in [3.8, 4) is 0 Å². The molecule has 0 aromatic heterocycles. The Morgan fingerprint density at radius 3 is 2.46 bits per heavy atom. The van der Waals surface area contributed by atoms with Gasteiger partial charge in [-0.15, -0.1) is 0 Å². The van der Waals surface area contributed by atoms with E-state index in [2.05, 4.69) is 39.9 Å². The van der Waals surface area contributed by atoms with Crippen LogP contribution in [0, 0.1) is 5.82 Å². The van der Waals surface area contributed by atoms with Crippen molar-refractivity contribution in [2.45, 2.75) is 31.4 Å². The first-order valence-corrected chi connectivity index (χ1v) is 8.92. The van der Waals surface area contributed by atoms with E-state index >= 15 is 0 Å². The third-order valence-corrected chi connectivity index (χ3v) is 4.90. The van der Waals surface area contributed by atoms with Crippen LogP contribution >= 0.6 is 0 Å². The Morgan fingerprint density at radius 1 is 1.12 bits per heavy atom. The number of hydrogen-bond acceptors (Lipinski definition) is 2. The van der Waals surface area contributed by atoms with Crippen molar-refractivity contribution in [3.63, 3.8) is 0 Å². The third-order valence-electron chi connectivity index (χ3n) is 4.90. The lowest BCUT2D eigenvalue weighted by Gasteiger charge is -2.19. The van der Waals surface area contributed by atoms with E-state index in [-0.39, 0.29) is 11.2 Å². The van der Waals surface area contributed by atoms with Crippen LogP contribution in [0.2, 0.25) is 0 Å². The molecule has 0 unspecified atom stereocenters. The van der Waals surface area contributed by atoms with Gasteiger partial charge in [-0.25, -0.2) is 4.39 Å². The van der Waals surface area contributed by atoms with Gasteiger partial charge < -0.3 is 15.4 Å². The summed E-state index contributed by atoms with van der Waals surface area (Å²) in [7, 11) is 3.46. The molecule has 0 spiro atoms. The Morgan fingerprint density at radius 2 is 1.85 bits per heavy atom. The average Bonchev–Trinajstić information content (AvgIpc) is 3.45. The lowest BCUT2D eigenvalue weighted by Crippen LogP contribution is -2.40. The second kappa shape index (κ2) is 8.32. The van der Waals surface area contributed by atoms with E-state index in [1.54, 1.807) is 26.3 Å². The molecule has 1 aliphatic rings. The van der Waals surface area contributed by atoms with Crippen LogP contribution in [0.4, 0.5) is 4.39 Å². The summed E-state index contributed by atoms with van der Waals surface area (Å²) in [5, 5.41) is 6.72. The normalized spacial score (nSPS) is 15.6. The highest BCUT2D eigenvalue weighted by atomic mass is 19.1. The fraction of sp³-hybridized carbons (Fsp3) is 0.381. The molecule has 0 amide bonds. The van der Waals surface area contributed by atoms with Crippen LogP contribution < -0.4 is 10.6 Å². The summed E-state index contributed by atoms with van der Waals surface area (Å²) in [6.45, 7) is 2.07. The van der Waals surface area contributed by atoms with Gasteiger partial charge in [0.1, 0.15) is 5.82 Å². The standard InChI is InChI=1S/C21H26FN3O/c1-23-20(24-13-16-6-8-17(9-7-16)14-26-2)25-15-21(10-11-21)18-4-3-5-19(22)12-18/h3-9,12H,10-11,13-15H2,1-2H3,(H2,23,24,25). The monoisotopic (exact) mass is 355 g/mol. The van der Waals surface area contributed by atoms with Gasteiger partial charge in [-0.3, -0.25) is 4.99 Å². The van der Waals surface area contributed by atoms with E-state index in [4.69, 9.17) is 4.74 Å². The molecular formula is C21H26FN3O. The number of halogens is 1. The number of nitrogens with one attached hydrogen (secondary N) is 2. The van der Waals surface area contributed by atoms with E-state index in [0.29, 0.717) is 13.2 Å². The zero-order valence-corrected chi connectivity index (χ0v) is 15.4. The lowest BCUT2D eigenvalue weighted by molar-refractivity contribution is 0.185. The summed E-state index contributed by atoms with van der Waals surface area (Å²) in [6.07, 6.45) is 2.14. The van der Waals surface area contributed by atoms with Crippen molar-refractivity contribution in [3.05, 3.63) is 71.0 Å². The van der Waals surface area contributed by atoms with E-state index in [1.165, 1.54) is 11.6 Å². The van der Waals surface area contributed by atoms with E-state index in [0.717, 1.165) is 36.5 Å². The third kappa shape index (κ3) is 4.61. The van der Waals surface area contributed by atoms with Crippen molar-refractivity contribution in [1.29, 1.82) is 0 Å². The van der Waals surface area contributed by atoms with Crippen LogP contribution in [0.5, 0.6) is 0 Å². The van der Waals surface area contributed by atoms with E-state index < -0.39 is 0 Å². The second-order valence-electron chi connectivity index (χ2n) is 6.82. The van der Waals surface area contributed by atoms with Gasteiger partial charge in [-0.05, 0) is 41.7 Å². The summed E-state index contributed by atoms with van der Waals surface area (Å²) in [6, 6.07) is 15.2. The van der Waals surface area contributed by atoms with Crippen molar-refractivity contribution in [1.82, 2.24) is 10.6 Å². The fourth-order valence-corrected chi connectivity index (χ4v) is 3.12. The van der Waals surface area contributed by atoms with Gasteiger partial charge in [0.05, 0.1) is 6.61 Å². The minimum atomic E-state index is -0.173. The molecule has 1 saturated carbocycles.